The molecule has 1 aromatic heterocycles. The number of halogens is 1. The number of fused-ring (bicyclic) bond motifs is 1. The molecular formula is C23H29FN2O4S. The lowest BCUT2D eigenvalue weighted by Gasteiger charge is -2.37. The van der Waals surface area contributed by atoms with Crippen molar-refractivity contribution in [2.75, 3.05) is 40.0 Å². The van der Waals surface area contributed by atoms with Crippen molar-refractivity contribution in [2.24, 2.45) is 0 Å². The van der Waals surface area contributed by atoms with Gasteiger partial charge in [-0.15, -0.1) is 11.3 Å². The van der Waals surface area contributed by atoms with E-state index < -0.39 is 5.82 Å². The highest BCUT2D eigenvalue weighted by molar-refractivity contribution is 7.10. The number of ether oxygens (including phenoxy) is 2. The lowest BCUT2D eigenvalue weighted by molar-refractivity contribution is -0.142. The van der Waals surface area contributed by atoms with Gasteiger partial charge in [-0.3, -0.25) is 9.59 Å². The molecule has 0 saturated carbocycles. The van der Waals surface area contributed by atoms with Crippen LogP contribution in [-0.2, 0) is 20.7 Å². The van der Waals surface area contributed by atoms with Crippen LogP contribution in [0.3, 0.4) is 0 Å². The molecule has 31 heavy (non-hydrogen) atoms. The second-order valence-electron chi connectivity index (χ2n) is 7.41. The van der Waals surface area contributed by atoms with Crippen LogP contribution in [0.1, 0.15) is 36.2 Å². The summed E-state index contributed by atoms with van der Waals surface area (Å²) in [6, 6.07) is 7.94. The topological polar surface area (TPSA) is 59.1 Å². The molecule has 1 atom stereocenters. The first-order valence-corrected chi connectivity index (χ1v) is 11.4. The van der Waals surface area contributed by atoms with Crippen molar-refractivity contribution in [3.8, 4) is 5.75 Å². The largest absolute Gasteiger partial charge is 0.488 e. The van der Waals surface area contributed by atoms with Gasteiger partial charge in [0.15, 0.2) is 11.6 Å². The van der Waals surface area contributed by atoms with Crippen LogP contribution in [0.5, 0.6) is 5.75 Å². The number of carbonyl (C=O) groups is 2. The summed E-state index contributed by atoms with van der Waals surface area (Å²) in [6.07, 6.45) is 1.78. The van der Waals surface area contributed by atoms with E-state index in [4.69, 9.17) is 9.47 Å². The Hall–Kier alpha value is -2.45. The van der Waals surface area contributed by atoms with Gasteiger partial charge in [0.25, 0.3) is 0 Å². The lowest BCUT2D eigenvalue weighted by Crippen LogP contribution is -2.48. The van der Waals surface area contributed by atoms with E-state index in [2.05, 4.69) is 0 Å². The van der Waals surface area contributed by atoms with E-state index in [1.165, 1.54) is 10.9 Å². The highest BCUT2D eigenvalue weighted by Gasteiger charge is 2.33. The number of para-hydroxylation sites is 1. The van der Waals surface area contributed by atoms with E-state index in [9.17, 15) is 14.0 Å². The molecule has 0 radical (unpaired) electrons. The Labute approximate surface area is 186 Å². The Morgan fingerprint density at radius 1 is 1.29 bits per heavy atom. The molecule has 0 bridgehead atoms. The molecule has 2 aromatic rings. The van der Waals surface area contributed by atoms with Gasteiger partial charge in [-0.25, -0.2) is 4.39 Å². The van der Waals surface area contributed by atoms with E-state index in [-0.39, 0.29) is 36.8 Å². The summed E-state index contributed by atoms with van der Waals surface area (Å²) < 4.78 is 24.9. The van der Waals surface area contributed by atoms with Crippen molar-refractivity contribution in [1.29, 1.82) is 0 Å². The van der Waals surface area contributed by atoms with Gasteiger partial charge in [0.05, 0.1) is 12.6 Å². The average Bonchev–Trinajstić information content (AvgIpc) is 3.26. The molecule has 2 amide bonds. The van der Waals surface area contributed by atoms with Gasteiger partial charge in [-0.05, 0) is 42.0 Å². The maximum absolute atomic E-state index is 14.0. The van der Waals surface area contributed by atoms with E-state index in [0.29, 0.717) is 32.5 Å². The summed E-state index contributed by atoms with van der Waals surface area (Å²) in [7, 11) is 1.61. The normalized spacial score (nSPS) is 15.5. The standard InChI is InChI=1S/C23H29FN2O4S/c1-3-22(27)25(11-6-13-29-2)15-23(28)26-12-9-21-17(10-14-31-21)19(26)16-30-20-8-5-4-7-18(20)24/h4-5,7-8,10,14,19H,3,6,9,11-13,15-16H2,1-2H3. The van der Waals surface area contributed by atoms with E-state index in [0.717, 1.165) is 12.0 Å². The van der Waals surface area contributed by atoms with Crippen LogP contribution < -0.4 is 4.74 Å². The van der Waals surface area contributed by atoms with Gasteiger partial charge in [-0.1, -0.05) is 19.1 Å². The second kappa shape index (κ2) is 11.2. The number of thiophene rings is 1. The highest BCUT2D eigenvalue weighted by Crippen LogP contribution is 2.34. The fraction of sp³-hybridized carbons (Fsp3) is 0.478. The van der Waals surface area contributed by atoms with Gasteiger partial charge in [0.2, 0.25) is 11.8 Å². The molecule has 6 nitrogen and oxygen atoms in total. The molecule has 0 fully saturated rings. The molecular weight excluding hydrogens is 419 g/mol. The molecule has 1 aliphatic heterocycles. The third kappa shape index (κ3) is 5.83. The predicted octanol–water partition coefficient (Wildman–Crippen LogP) is 3.67. The van der Waals surface area contributed by atoms with E-state index >= 15 is 0 Å². The Morgan fingerprint density at radius 2 is 2.10 bits per heavy atom. The number of carbonyl (C=O) groups excluding carboxylic acids is 2. The predicted molar refractivity (Wildman–Crippen MR) is 118 cm³/mol. The van der Waals surface area contributed by atoms with Crippen LogP contribution in [0, 0.1) is 5.82 Å². The number of amides is 2. The van der Waals surface area contributed by atoms with Gasteiger partial charge < -0.3 is 19.3 Å². The first-order chi connectivity index (χ1) is 15.0. The first-order valence-electron chi connectivity index (χ1n) is 10.5. The molecule has 3 rings (SSSR count). The van der Waals surface area contributed by atoms with Crippen molar-refractivity contribution >= 4 is 23.2 Å². The second-order valence-corrected chi connectivity index (χ2v) is 8.41. The monoisotopic (exact) mass is 448 g/mol. The third-order valence-corrected chi connectivity index (χ3v) is 6.40. The zero-order valence-electron chi connectivity index (χ0n) is 18.0. The van der Waals surface area contributed by atoms with Gasteiger partial charge in [-0.2, -0.15) is 0 Å². The summed E-state index contributed by atoms with van der Waals surface area (Å²) >= 11 is 1.66. The Morgan fingerprint density at radius 3 is 2.84 bits per heavy atom. The minimum absolute atomic E-state index is 0.0199. The van der Waals surface area contributed by atoms with Gasteiger partial charge in [0, 0.05) is 38.1 Å². The minimum Gasteiger partial charge on any atom is -0.488 e. The van der Waals surface area contributed by atoms with Crippen molar-refractivity contribution in [3.63, 3.8) is 0 Å². The molecule has 2 heterocycles. The van der Waals surface area contributed by atoms with E-state index in [1.807, 2.05) is 11.4 Å². The van der Waals surface area contributed by atoms with Crippen molar-refractivity contribution < 1.29 is 23.5 Å². The number of hydrogen-bond acceptors (Lipinski definition) is 5. The zero-order valence-corrected chi connectivity index (χ0v) is 18.8. The zero-order chi connectivity index (χ0) is 22.2. The molecule has 1 unspecified atom stereocenters. The lowest BCUT2D eigenvalue weighted by atomic mass is 10.0. The fourth-order valence-electron chi connectivity index (χ4n) is 3.77. The number of nitrogens with zero attached hydrogens (tertiary/aromatic N) is 2. The maximum atomic E-state index is 14.0. The number of methoxy groups -OCH3 is 1. The highest BCUT2D eigenvalue weighted by atomic mass is 32.1. The quantitative estimate of drug-likeness (QED) is 0.521. The summed E-state index contributed by atoms with van der Waals surface area (Å²) in [6.45, 7) is 3.51. The van der Waals surface area contributed by atoms with Crippen LogP contribution in [0.15, 0.2) is 35.7 Å². The molecule has 0 spiro atoms. The van der Waals surface area contributed by atoms with Gasteiger partial charge in [0.1, 0.15) is 6.61 Å². The van der Waals surface area contributed by atoms with Crippen LogP contribution in [0.4, 0.5) is 4.39 Å². The van der Waals surface area contributed by atoms with Crippen molar-refractivity contribution in [2.45, 2.75) is 32.2 Å². The van der Waals surface area contributed by atoms with Crippen LogP contribution in [0.2, 0.25) is 0 Å². The smallest absolute Gasteiger partial charge is 0.242 e. The Kier molecular flexibility index (Phi) is 8.43. The van der Waals surface area contributed by atoms with Crippen LogP contribution in [0.25, 0.3) is 0 Å². The Balaban J connectivity index is 1.74. The van der Waals surface area contributed by atoms with Crippen LogP contribution in [-0.4, -0.2) is 61.6 Å². The summed E-state index contributed by atoms with van der Waals surface area (Å²) in [5, 5.41) is 2.01. The minimum atomic E-state index is -0.431. The summed E-state index contributed by atoms with van der Waals surface area (Å²) in [4.78, 5) is 30.2. The Bertz CT molecular complexity index is 888. The molecule has 0 saturated heterocycles. The van der Waals surface area contributed by atoms with Crippen LogP contribution >= 0.6 is 11.3 Å². The third-order valence-electron chi connectivity index (χ3n) is 5.41. The number of rotatable bonds is 10. The van der Waals surface area contributed by atoms with E-state index in [1.54, 1.807) is 53.4 Å². The fourth-order valence-corrected chi connectivity index (χ4v) is 4.70. The number of benzene rings is 1. The maximum Gasteiger partial charge on any atom is 0.242 e. The summed E-state index contributed by atoms with van der Waals surface area (Å²) in [5.41, 5.74) is 1.04. The average molecular weight is 449 g/mol. The molecule has 168 valence electrons. The summed E-state index contributed by atoms with van der Waals surface area (Å²) in [5.74, 6) is -0.450. The molecule has 1 aliphatic rings. The van der Waals surface area contributed by atoms with Crippen molar-refractivity contribution in [3.05, 3.63) is 52.0 Å². The van der Waals surface area contributed by atoms with Gasteiger partial charge >= 0.3 is 0 Å². The SMILES string of the molecule is CCC(=O)N(CCCOC)CC(=O)N1CCc2sccc2C1COc1ccccc1F. The molecule has 1 aromatic carbocycles. The molecule has 8 heteroatoms. The molecule has 0 aliphatic carbocycles. The number of hydrogen-bond donors (Lipinski definition) is 0. The van der Waals surface area contributed by atoms with Crippen molar-refractivity contribution in [1.82, 2.24) is 9.80 Å². The molecule has 0 N–H and O–H groups in total. The first kappa shape index (κ1) is 23.2.